The predicted octanol–water partition coefficient (Wildman–Crippen LogP) is 3.22. The minimum atomic E-state index is -1.65. The van der Waals surface area contributed by atoms with Gasteiger partial charge in [0.25, 0.3) is 5.78 Å². The molecular weight excluding hydrogens is 382 g/mol. The topological polar surface area (TPSA) is 84.3 Å². The number of halogens is 1. The summed E-state index contributed by atoms with van der Waals surface area (Å²) in [6.45, 7) is 0. The van der Waals surface area contributed by atoms with E-state index in [4.69, 9.17) is 12.2 Å². The van der Waals surface area contributed by atoms with Gasteiger partial charge < -0.3 is 5.32 Å². The lowest BCUT2D eigenvalue weighted by atomic mass is 10.1. The summed E-state index contributed by atoms with van der Waals surface area (Å²) in [4.78, 5) is 22.7. The largest absolute Gasteiger partial charge is 0.349 e. The lowest BCUT2D eigenvalue weighted by Crippen LogP contribution is -2.47. The zero-order valence-electron chi connectivity index (χ0n) is 11.7. The molecule has 1 unspecified atom stereocenters. The standard InChI is InChI=1S/C15H12BrN3O3S/c16-11-7-4-8-12(9-11)17-15(23)18-14(19(21)22)13(20)10-5-2-1-3-6-10/h1-9,14H,(H2,17,18,23). The first-order chi connectivity index (χ1) is 11.0. The summed E-state index contributed by atoms with van der Waals surface area (Å²) in [6.07, 6.45) is -1.65. The highest BCUT2D eigenvalue weighted by Gasteiger charge is 2.31. The molecule has 0 saturated carbocycles. The van der Waals surface area contributed by atoms with Gasteiger partial charge in [-0.1, -0.05) is 52.3 Å². The summed E-state index contributed by atoms with van der Waals surface area (Å²) in [7, 11) is 0. The monoisotopic (exact) mass is 393 g/mol. The quantitative estimate of drug-likeness (QED) is 0.266. The number of nitrogens with one attached hydrogen (secondary N) is 2. The van der Waals surface area contributed by atoms with Crippen LogP contribution in [0.1, 0.15) is 10.4 Å². The predicted molar refractivity (Wildman–Crippen MR) is 95.1 cm³/mol. The van der Waals surface area contributed by atoms with Gasteiger partial charge in [-0.05, 0) is 30.4 Å². The van der Waals surface area contributed by atoms with E-state index in [0.717, 1.165) is 4.47 Å². The second-order valence-corrected chi connectivity index (χ2v) is 5.85. The molecule has 0 radical (unpaired) electrons. The van der Waals surface area contributed by atoms with Crippen LogP contribution in [-0.4, -0.2) is 22.0 Å². The van der Waals surface area contributed by atoms with Crippen molar-refractivity contribution in [2.45, 2.75) is 6.17 Å². The molecule has 2 N–H and O–H groups in total. The average molecular weight is 394 g/mol. The summed E-state index contributed by atoms with van der Waals surface area (Å²) >= 11 is 8.36. The van der Waals surface area contributed by atoms with Crippen molar-refractivity contribution in [2.24, 2.45) is 0 Å². The second kappa shape index (κ2) is 7.80. The van der Waals surface area contributed by atoms with Crippen LogP contribution in [0.3, 0.4) is 0 Å². The van der Waals surface area contributed by atoms with Crippen LogP contribution in [0.2, 0.25) is 0 Å². The molecule has 0 bridgehead atoms. The third-order valence-electron chi connectivity index (χ3n) is 2.87. The number of nitrogens with zero attached hydrogens (tertiary/aromatic N) is 1. The first-order valence-electron chi connectivity index (χ1n) is 6.53. The second-order valence-electron chi connectivity index (χ2n) is 4.53. The van der Waals surface area contributed by atoms with Gasteiger partial charge in [-0.2, -0.15) is 0 Å². The number of rotatable bonds is 5. The van der Waals surface area contributed by atoms with Crippen LogP contribution < -0.4 is 10.6 Å². The van der Waals surface area contributed by atoms with Crippen molar-refractivity contribution < 1.29 is 9.72 Å². The maximum Gasteiger partial charge on any atom is 0.349 e. The van der Waals surface area contributed by atoms with Gasteiger partial charge in [0.2, 0.25) is 0 Å². The smallest absolute Gasteiger partial charge is 0.333 e. The highest BCUT2D eigenvalue weighted by Crippen LogP contribution is 2.15. The molecule has 0 saturated heterocycles. The van der Waals surface area contributed by atoms with E-state index in [1.807, 2.05) is 6.07 Å². The molecule has 23 heavy (non-hydrogen) atoms. The Bertz CT molecular complexity index is 740. The van der Waals surface area contributed by atoms with E-state index < -0.39 is 16.9 Å². The summed E-state index contributed by atoms with van der Waals surface area (Å²) in [6, 6.07) is 15.2. The lowest BCUT2D eigenvalue weighted by molar-refractivity contribution is -0.508. The molecule has 0 spiro atoms. The van der Waals surface area contributed by atoms with Crippen molar-refractivity contribution in [3.05, 3.63) is 74.7 Å². The van der Waals surface area contributed by atoms with Crippen LogP contribution in [0, 0.1) is 10.1 Å². The van der Waals surface area contributed by atoms with E-state index in [9.17, 15) is 14.9 Å². The Morgan fingerprint density at radius 3 is 2.48 bits per heavy atom. The van der Waals surface area contributed by atoms with Crippen LogP contribution in [-0.2, 0) is 0 Å². The maximum atomic E-state index is 12.2. The number of anilines is 1. The molecule has 0 heterocycles. The van der Waals surface area contributed by atoms with E-state index in [2.05, 4.69) is 26.6 Å². The highest BCUT2D eigenvalue weighted by atomic mass is 79.9. The molecule has 8 heteroatoms. The number of nitro groups is 1. The Morgan fingerprint density at radius 2 is 1.87 bits per heavy atom. The molecule has 6 nitrogen and oxygen atoms in total. The third-order valence-corrected chi connectivity index (χ3v) is 3.58. The van der Waals surface area contributed by atoms with Gasteiger partial charge in [0, 0.05) is 15.7 Å². The molecule has 2 aromatic rings. The van der Waals surface area contributed by atoms with Gasteiger partial charge in [0.05, 0.1) is 4.92 Å². The van der Waals surface area contributed by atoms with Crippen LogP contribution in [0.25, 0.3) is 0 Å². The van der Waals surface area contributed by atoms with E-state index in [1.165, 1.54) is 12.1 Å². The van der Waals surface area contributed by atoms with Crippen LogP contribution >= 0.6 is 28.1 Å². The number of carbonyl (C=O) groups excluding carboxylic acids is 1. The zero-order valence-corrected chi connectivity index (χ0v) is 14.1. The average Bonchev–Trinajstić information content (AvgIpc) is 2.52. The summed E-state index contributed by atoms with van der Waals surface area (Å²) in [5, 5.41) is 16.4. The van der Waals surface area contributed by atoms with Crippen LogP contribution in [0.4, 0.5) is 5.69 Å². The molecule has 0 aliphatic carbocycles. The molecule has 118 valence electrons. The molecule has 0 aromatic heterocycles. The number of carbonyl (C=O) groups is 1. The van der Waals surface area contributed by atoms with Gasteiger partial charge in [0.15, 0.2) is 5.11 Å². The van der Waals surface area contributed by atoms with Gasteiger partial charge in [-0.15, -0.1) is 0 Å². The van der Waals surface area contributed by atoms with Crippen molar-refractivity contribution in [3.8, 4) is 0 Å². The highest BCUT2D eigenvalue weighted by molar-refractivity contribution is 9.10. The summed E-state index contributed by atoms with van der Waals surface area (Å²) < 4.78 is 0.830. The number of thiocarbonyl (C=S) groups is 1. The molecule has 2 rings (SSSR count). The van der Waals surface area contributed by atoms with E-state index in [1.54, 1.807) is 36.4 Å². The molecule has 2 aromatic carbocycles. The fourth-order valence-electron chi connectivity index (χ4n) is 1.83. The fraction of sp³-hybridized carbons (Fsp3) is 0.0667. The van der Waals surface area contributed by atoms with E-state index in [-0.39, 0.29) is 10.7 Å². The number of hydrogen-bond acceptors (Lipinski definition) is 4. The minimum absolute atomic E-state index is 0.00548. The van der Waals surface area contributed by atoms with Crippen molar-refractivity contribution in [2.75, 3.05) is 5.32 Å². The molecule has 0 amide bonds. The maximum absolute atomic E-state index is 12.2. The number of hydrogen-bond donors (Lipinski definition) is 2. The first-order valence-corrected chi connectivity index (χ1v) is 7.73. The Kier molecular flexibility index (Phi) is 5.78. The normalized spacial score (nSPS) is 11.3. The van der Waals surface area contributed by atoms with Crippen LogP contribution in [0.5, 0.6) is 0 Å². The molecule has 0 fully saturated rings. The number of ketones is 1. The summed E-state index contributed by atoms with van der Waals surface area (Å²) in [5.74, 6) is -0.658. The number of benzene rings is 2. The SMILES string of the molecule is O=C(c1ccccc1)C(NC(=S)Nc1cccc(Br)c1)[N+](=O)[O-]. The van der Waals surface area contributed by atoms with E-state index in [0.29, 0.717) is 5.69 Å². The van der Waals surface area contributed by atoms with Crippen LogP contribution in [0.15, 0.2) is 59.1 Å². The van der Waals surface area contributed by atoms with E-state index >= 15 is 0 Å². The molecular formula is C15H12BrN3O3S. The molecule has 0 aliphatic heterocycles. The molecule has 1 atom stereocenters. The zero-order chi connectivity index (χ0) is 16.8. The molecule has 0 aliphatic rings. The Balaban J connectivity index is 2.09. The minimum Gasteiger partial charge on any atom is -0.333 e. The summed E-state index contributed by atoms with van der Waals surface area (Å²) in [5.41, 5.74) is 0.887. The Hall–Kier alpha value is -2.32. The van der Waals surface area contributed by atoms with Gasteiger partial charge >= 0.3 is 6.17 Å². The van der Waals surface area contributed by atoms with Gasteiger partial charge in [-0.3, -0.25) is 20.2 Å². The number of Topliss-reactive ketones (excluding diaryl/α,β-unsaturated/α-hetero) is 1. The first kappa shape index (κ1) is 17.0. The van der Waals surface area contributed by atoms with Gasteiger partial charge in [-0.25, -0.2) is 0 Å². The van der Waals surface area contributed by atoms with Gasteiger partial charge in [0.1, 0.15) is 0 Å². The van der Waals surface area contributed by atoms with Crippen molar-refractivity contribution in [1.29, 1.82) is 0 Å². The van der Waals surface area contributed by atoms with Crippen molar-refractivity contribution >= 4 is 44.7 Å². The Morgan fingerprint density at radius 1 is 1.17 bits per heavy atom. The lowest BCUT2D eigenvalue weighted by Gasteiger charge is -2.14. The van der Waals surface area contributed by atoms with Crippen molar-refractivity contribution in [1.82, 2.24) is 5.32 Å². The van der Waals surface area contributed by atoms with Crippen molar-refractivity contribution in [3.63, 3.8) is 0 Å². The third kappa shape index (κ3) is 4.83. The fourth-order valence-corrected chi connectivity index (χ4v) is 2.46. The Labute approximate surface area is 146 Å².